The minimum atomic E-state index is -3.33. The molecule has 0 unspecified atom stereocenters. The second-order valence-electron chi connectivity index (χ2n) is 6.07. The van der Waals surface area contributed by atoms with E-state index in [2.05, 4.69) is 35.7 Å². The van der Waals surface area contributed by atoms with Crippen LogP contribution in [0.2, 0.25) is 0 Å². The number of halogens is 1. The van der Waals surface area contributed by atoms with Crippen LogP contribution in [0.1, 0.15) is 24.6 Å². The molecule has 0 radical (unpaired) electrons. The molecule has 1 fully saturated rings. The van der Waals surface area contributed by atoms with E-state index in [0.29, 0.717) is 11.6 Å². The summed E-state index contributed by atoms with van der Waals surface area (Å²) < 4.78 is 28.7. The molecule has 2 aromatic rings. The molecule has 1 aliphatic heterocycles. The average molecular weight is 414 g/mol. The average Bonchev–Trinajstić information content (AvgIpc) is 2.92. The first kappa shape index (κ1) is 17.2. The third-order valence-electron chi connectivity index (χ3n) is 4.20. The lowest BCUT2D eigenvalue weighted by Crippen LogP contribution is -2.34. The molecule has 24 heavy (non-hydrogen) atoms. The minimum absolute atomic E-state index is 0.377. The number of aryl methyl sites for hydroxylation is 1. The van der Waals surface area contributed by atoms with Gasteiger partial charge in [0.15, 0.2) is 0 Å². The number of anilines is 2. The summed E-state index contributed by atoms with van der Waals surface area (Å²) >= 11 is 3.55. The Hall–Kier alpha value is -1.61. The summed E-state index contributed by atoms with van der Waals surface area (Å²) in [6.07, 6.45) is 4.79. The minimum Gasteiger partial charge on any atom is -0.369 e. The third kappa shape index (κ3) is 3.72. The Kier molecular flexibility index (Phi) is 4.82. The number of aromatic nitrogens is 3. The molecule has 0 aliphatic carbocycles. The van der Waals surface area contributed by atoms with E-state index in [1.165, 1.54) is 0 Å². The van der Waals surface area contributed by atoms with Gasteiger partial charge in [-0.2, -0.15) is 0 Å². The van der Waals surface area contributed by atoms with Gasteiger partial charge in [0, 0.05) is 30.5 Å². The van der Waals surface area contributed by atoms with Crippen molar-refractivity contribution in [1.29, 1.82) is 0 Å². The Morgan fingerprint density at radius 3 is 2.58 bits per heavy atom. The van der Waals surface area contributed by atoms with Crippen molar-refractivity contribution in [2.45, 2.75) is 18.8 Å². The molecule has 0 amide bonds. The predicted octanol–water partition coefficient (Wildman–Crippen LogP) is 2.33. The second kappa shape index (κ2) is 6.72. The lowest BCUT2D eigenvalue weighted by atomic mass is 9.95. The Morgan fingerprint density at radius 1 is 1.29 bits per heavy atom. The highest BCUT2D eigenvalue weighted by atomic mass is 79.9. The van der Waals surface area contributed by atoms with E-state index >= 15 is 0 Å². The Balaban J connectivity index is 1.80. The van der Waals surface area contributed by atoms with Crippen LogP contribution in [0, 0.1) is 0 Å². The van der Waals surface area contributed by atoms with Crippen LogP contribution in [0.15, 0.2) is 29.0 Å². The van der Waals surface area contributed by atoms with E-state index in [4.69, 9.17) is 0 Å². The van der Waals surface area contributed by atoms with Crippen LogP contribution < -0.4 is 9.62 Å². The molecule has 0 spiro atoms. The van der Waals surface area contributed by atoms with Crippen molar-refractivity contribution in [3.63, 3.8) is 0 Å². The van der Waals surface area contributed by atoms with Crippen molar-refractivity contribution >= 4 is 37.3 Å². The maximum absolute atomic E-state index is 11.6. The summed E-state index contributed by atoms with van der Waals surface area (Å²) in [6, 6.07) is 5.54. The molecule has 7 nitrogen and oxygen atoms in total. The van der Waals surface area contributed by atoms with E-state index in [-0.39, 0.29) is 0 Å². The summed E-state index contributed by atoms with van der Waals surface area (Å²) in [6.45, 7) is 1.66. The highest BCUT2D eigenvalue weighted by Gasteiger charge is 2.26. The summed E-state index contributed by atoms with van der Waals surface area (Å²) in [5.41, 5.74) is 1.49. The molecule has 0 atom stereocenters. The number of rotatable bonds is 4. The van der Waals surface area contributed by atoms with Crippen molar-refractivity contribution in [2.24, 2.45) is 7.05 Å². The van der Waals surface area contributed by atoms with Crippen LogP contribution in [0.4, 0.5) is 11.4 Å². The molecule has 1 saturated heterocycles. The largest absolute Gasteiger partial charge is 0.369 e. The quantitative estimate of drug-likeness (QED) is 0.831. The molecule has 1 aliphatic rings. The van der Waals surface area contributed by atoms with Gasteiger partial charge in [0.25, 0.3) is 0 Å². The van der Waals surface area contributed by atoms with Crippen molar-refractivity contribution in [3.05, 3.63) is 34.8 Å². The first-order chi connectivity index (χ1) is 11.3. The fourth-order valence-electron chi connectivity index (χ4n) is 3.14. The third-order valence-corrected chi connectivity index (χ3v) is 5.44. The zero-order valence-corrected chi connectivity index (χ0v) is 16.0. The maximum Gasteiger partial charge on any atom is 0.229 e. The van der Waals surface area contributed by atoms with Crippen molar-refractivity contribution < 1.29 is 8.42 Å². The lowest BCUT2D eigenvalue weighted by Gasteiger charge is -2.34. The summed E-state index contributed by atoms with van der Waals surface area (Å²) in [5.74, 6) is 1.39. The van der Waals surface area contributed by atoms with Gasteiger partial charge in [0.1, 0.15) is 12.2 Å². The maximum atomic E-state index is 11.6. The second-order valence-corrected chi connectivity index (χ2v) is 8.67. The van der Waals surface area contributed by atoms with Crippen LogP contribution in [0.3, 0.4) is 0 Å². The lowest BCUT2D eigenvalue weighted by molar-refractivity contribution is 0.474. The molecule has 9 heteroatoms. The van der Waals surface area contributed by atoms with Gasteiger partial charge in [-0.05, 0) is 40.9 Å². The standard InChI is InChI=1S/C15H20BrN5O2S/c1-20-10-17-18-15(20)11-6-8-21(9-7-11)14-12(16)4-3-5-13(14)19-24(2,22)23/h3-5,10-11,19H,6-9H2,1-2H3. The number of piperidine rings is 1. The Labute approximate surface area is 150 Å². The van der Waals surface area contributed by atoms with Crippen molar-refractivity contribution in [1.82, 2.24) is 14.8 Å². The van der Waals surface area contributed by atoms with Gasteiger partial charge >= 0.3 is 0 Å². The van der Waals surface area contributed by atoms with Gasteiger partial charge in [-0.3, -0.25) is 4.72 Å². The van der Waals surface area contributed by atoms with Gasteiger partial charge < -0.3 is 9.47 Å². The van der Waals surface area contributed by atoms with Gasteiger partial charge in [0.2, 0.25) is 10.0 Å². The van der Waals surface area contributed by atoms with E-state index in [1.54, 1.807) is 12.4 Å². The van der Waals surface area contributed by atoms with Gasteiger partial charge in [-0.15, -0.1) is 10.2 Å². The fraction of sp³-hybridized carbons (Fsp3) is 0.467. The summed E-state index contributed by atoms with van der Waals surface area (Å²) in [4.78, 5) is 2.21. The number of hydrogen-bond acceptors (Lipinski definition) is 5. The number of para-hydroxylation sites is 1. The molecule has 1 aromatic carbocycles. The molecule has 2 heterocycles. The Morgan fingerprint density at radius 2 is 2.00 bits per heavy atom. The predicted molar refractivity (Wildman–Crippen MR) is 97.8 cm³/mol. The van der Waals surface area contributed by atoms with E-state index < -0.39 is 10.0 Å². The topological polar surface area (TPSA) is 80.1 Å². The van der Waals surface area contributed by atoms with Crippen LogP contribution in [0.5, 0.6) is 0 Å². The molecular formula is C15H20BrN5O2S. The van der Waals surface area contributed by atoms with Crippen LogP contribution in [-0.4, -0.2) is 42.5 Å². The van der Waals surface area contributed by atoms with E-state index in [1.807, 2.05) is 23.7 Å². The van der Waals surface area contributed by atoms with E-state index in [0.717, 1.165) is 48.2 Å². The fourth-order valence-corrected chi connectivity index (χ4v) is 4.32. The first-order valence-electron chi connectivity index (χ1n) is 7.70. The molecular weight excluding hydrogens is 394 g/mol. The normalized spacial score (nSPS) is 16.4. The molecule has 1 aromatic heterocycles. The SMILES string of the molecule is Cn1cnnc1C1CCN(c2c(Br)cccc2NS(C)(=O)=O)CC1. The first-order valence-corrected chi connectivity index (χ1v) is 10.4. The van der Waals surface area contributed by atoms with Gasteiger partial charge in [-0.1, -0.05) is 6.07 Å². The summed E-state index contributed by atoms with van der Waals surface area (Å²) in [5, 5.41) is 8.17. The summed E-state index contributed by atoms with van der Waals surface area (Å²) in [7, 11) is -1.36. The molecule has 0 saturated carbocycles. The zero-order valence-electron chi connectivity index (χ0n) is 13.6. The number of nitrogens with one attached hydrogen (secondary N) is 1. The molecule has 130 valence electrons. The van der Waals surface area contributed by atoms with Gasteiger partial charge in [0.05, 0.1) is 17.6 Å². The Bertz CT molecular complexity index is 828. The number of nitrogens with zero attached hydrogens (tertiary/aromatic N) is 4. The smallest absolute Gasteiger partial charge is 0.229 e. The van der Waals surface area contributed by atoms with Crippen LogP contribution in [-0.2, 0) is 17.1 Å². The highest BCUT2D eigenvalue weighted by Crippen LogP contribution is 2.38. The van der Waals surface area contributed by atoms with Gasteiger partial charge in [-0.25, -0.2) is 8.42 Å². The number of sulfonamides is 1. The van der Waals surface area contributed by atoms with Crippen LogP contribution in [0.25, 0.3) is 0 Å². The molecule has 3 rings (SSSR count). The zero-order chi connectivity index (χ0) is 17.3. The van der Waals surface area contributed by atoms with E-state index in [9.17, 15) is 8.42 Å². The monoisotopic (exact) mass is 413 g/mol. The van der Waals surface area contributed by atoms with Crippen molar-refractivity contribution in [2.75, 3.05) is 29.0 Å². The number of hydrogen-bond donors (Lipinski definition) is 1. The number of benzene rings is 1. The molecule has 0 bridgehead atoms. The van der Waals surface area contributed by atoms with Crippen LogP contribution >= 0.6 is 15.9 Å². The van der Waals surface area contributed by atoms with Crippen molar-refractivity contribution in [3.8, 4) is 0 Å². The highest BCUT2D eigenvalue weighted by molar-refractivity contribution is 9.10. The molecule has 1 N–H and O–H groups in total.